The van der Waals surface area contributed by atoms with E-state index in [-0.39, 0.29) is 0 Å². The second-order valence-corrected chi connectivity index (χ2v) is 6.54. The number of carbonyl (C=O) groups is 2. The molecule has 0 bridgehead atoms. The van der Waals surface area contributed by atoms with E-state index in [2.05, 4.69) is 10.4 Å². The van der Waals surface area contributed by atoms with Crippen molar-refractivity contribution in [2.75, 3.05) is 13.7 Å². The lowest BCUT2D eigenvalue weighted by Gasteiger charge is -2.20. The minimum absolute atomic E-state index is 0.434. The van der Waals surface area contributed by atoms with Gasteiger partial charge in [0.25, 0.3) is 5.91 Å². The Labute approximate surface area is 163 Å². The summed E-state index contributed by atoms with van der Waals surface area (Å²) in [6, 6.07) is 13.8. The lowest BCUT2D eigenvalue weighted by molar-refractivity contribution is -0.131. The number of amides is 3. The van der Waals surface area contributed by atoms with Gasteiger partial charge in [-0.2, -0.15) is 5.10 Å². The highest BCUT2D eigenvalue weighted by Crippen LogP contribution is 2.30. The van der Waals surface area contributed by atoms with Crippen molar-refractivity contribution in [3.63, 3.8) is 0 Å². The molecule has 1 aliphatic rings. The topological polar surface area (TPSA) is 80.2 Å². The molecule has 0 spiro atoms. The van der Waals surface area contributed by atoms with Crippen molar-refractivity contribution in [2.45, 2.75) is 25.8 Å². The number of nitrogens with one attached hydrogen (secondary N) is 1. The van der Waals surface area contributed by atoms with Crippen molar-refractivity contribution in [3.05, 3.63) is 59.7 Å². The molecule has 1 aliphatic heterocycles. The fourth-order valence-electron chi connectivity index (χ4n) is 2.92. The molecule has 0 aromatic heterocycles. The second kappa shape index (κ2) is 8.12. The zero-order chi connectivity index (χ0) is 20.1. The number of hydrogen-bond donors (Lipinski definition) is 1. The van der Waals surface area contributed by atoms with E-state index in [9.17, 15) is 9.59 Å². The summed E-state index contributed by atoms with van der Waals surface area (Å²) in [5.74, 6) is 0.757. The van der Waals surface area contributed by atoms with E-state index in [1.165, 1.54) is 6.21 Å². The number of benzene rings is 2. The van der Waals surface area contributed by atoms with Crippen molar-refractivity contribution < 1.29 is 19.1 Å². The number of nitrogens with zero attached hydrogens (tertiary/aromatic N) is 2. The molecule has 0 aliphatic carbocycles. The predicted molar refractivity (Wildman–Crippen MR) is 106 cm³/mol. The average molecular weight is 381 g/mol. The maximum absolute atomic E-state index is 12.9. The molecule has 1 saturated heterocycles. The third kappa shape index (κ3) is 3.69. The summed E-state index contributed by atoms with van der Waals surface area (Å²) in [5, 5.41) is 7.67. The van der Waals surface area contributed by atoms with Crippen LogP contribution in [0.3, 0.4) is 0 Å². The maximum Gasteiger partial charge on any atom is 0.346 e. The van der Waals surface area contributed by atoms with Crippen LogP contribution in [0.25, 0.3) is 0 Å². The number of methoxy groups -OCH3 is 1. The van der Waals surface area contributed by atoms with Gasteiger partial charge in [-0.15, -0.1) is 5.01 Å². The standard InChI is InChI=1S/C21H23N3O4/c1-4-12-28-18-13-15(10-11-17(18)27-3)14-22-24-19(25)21(2,23-20(24)26)16-8-6-5-7-9-16/h5-11,13-14H,4,12H2,1-3H3,(H,23,26)/b22-14-/t21-/m1/s1. The largest absolute Gasteiger partial charge is 0.493 e. The van der Waals surface area contributed by atoms with Gasteiger partial charge in [0.1, 0.15) is 5.54 Å². The Bertz CT molecular complexity index is 898. The summed E-state index contributed by atoms with van der Waals surface area (Å²) in [5.41, 5.74) is 0.233. The summed E-state index contributed by atoms with van der Waals surface area (Å²) in [7, 11) is 1.57. The third-order valence-corrected chi connectivity index (χ3v) is 4.49. The molecular formula is C21H23N3O4. The van der Waals surface area contributed by atoms with Crippen molar-refractivity contribution in [1.82, 2.24) is 10.3 Å². The summed E-state index contributed by atoms with van der Waals surface area (Å²) in [4.78, 5) is 25.2. The van der Waals surface area contributed by atoms with Crippen LogP contribution in [-0.2, 0) is 10.3 Å². The Morgan fingerprint density at radius 1 is 1.14 bits per heavy atom. The number of hydrogen-bond acceptors (Lipinski definition) is 5. The summed E-state index contributed by atoms with van der Waals surface area (Å²) >= 11 is 0. The maximum atomic E-state index is 12.9. The van der Waals surface area contributed by atoms with E-state index in [1.807, 2.05) is 25.1 Å². The molecule has 7 heteroatoms. The minimum atomic E-state index is -1.15. The highest BCUT2D eigenvalue weighted by molar-refractivity contribution is 6.07. The minimum Gasteiger partial charge on any atom is -0.493 e. The van der Waals surface area contributed by atoms with E-state index >= 15 is 0 Å². The zero-order valence-corrected chi connectivity index (χ0v) is 16.1. The normalized spacial score (nSPS) is 19.2. The molecule has 1 N–H and O–H groups in total. The van der Waals surface area contributed by atoms with E-state index in [4.69, 9.17) is 9.47 Å². The molecule has 1 atom stereocenters. The molecule has 28 heavy (non-hydrogen) atoms. The molecule has 0 saturated carbocycles. The van der Waals surface area contributed by atoms with Gasteiger partial charge in [0.15, 0.2) is 11.5 Å². The van der Waals surface area contributed by atoms with Gasteiger partial charge in [-0.25, -0.2) is 4.79 Å². The van der Waals surface area contributed by atoms with Gasteiger partial charge in [-0.3, -0.25) is 4.79 Å². The van der Waals surface area contributed by atoms with Gasteiger partial charge in [0.2, 0.25) is 0 Å². The van der Waals surface area contributed by atoms with E-state index in [0.29, 0.717) is 29.2 Å². The number of hydrazone groups is 1. The first-order chi connectivity index (χ1) is 13.5. The van der Waals surface area contributed by atoms with Crippen LogP contribution in [0.15, 0.2) is 53.6 Å². The van der Waals surface area contributed by atoms with E-state index in [1.54, 1.807) is 44.4 Å². The highest BCUT2D eigenvalue weighted by atomic mass is 16.5. The summed E-state index contributed by atoms with van der Waals surface area (Å²) in [6.45, 7) is 4.24. The Hall–Kier alpha value is -3.35. The van der Waals surface area contributed by atoms with Gasteiger partial charge in [-0.05, 0) is 42.7 Å². The van der Waals surface area contributed by atoms with Crippen LogP contribution in [0.5, 0.6) is 11.5 Å². The molecule has 146 valence electrons. The second-order valence-electron chi connectivity index (χ2n) is 6.54. The molecule has 0 radical (unpaired) electrons. The molecule has 1 heterocycles. The van der Waals surface area contributed by atoms with Crippen molar-refractivity contribution in [2.24, 2.45) is 5.10 Å². The fraction of sp³-hybridized carbons (Fsp3) is 0.286. The fourth-order valence-corrected chi connectivity index (χ4v) is 2.92. The molecule has 2 aromatic rings. The quantitative estimate of drug-likeness (QED) is 0.590. The first-order valence-electron chi connectivity index (χ1n) is 9.06. The predicted octanol–water partition coefficient (Wildman–Crippen LogP) is 3.29. The van der Waals surface area contributed by atoms with Crippen LogP contribution >= 0.6 is 0 Å². The molecule has 1 fully saturated rings. The Kier molecular flexibility index (Phi) is 5.63. The van der Waals surface area contributed by atoms with Crippen LogP contribution in [-0.4, -0.2) is 36.9 Å². The van der Waals surface area contributed by atoms with Gasteiger partial charge < -0.3 is 14.8 Å². The van der Waals surface area contributed by atoms with E-state index in [0.717, 1.165) is 11.4 Å². The molecule has 0 unspecified atom stereocenters. The van der Waals surface area contributed by atoms with Crippen LogP contribution in [0.2, 0.25) is 0 Å². The van der Waals surface area contributed by atoms with Gasteiger partial charge in [0, 0.05) is 0 Å². The molecular weight excluding hydrogens is 358 g/mol. The molecule has 7 nitrogen and oxygen atoms in total. The molecule has 3 rings (SSSR count). The Morgan fingerprint density at radius 2 is 1.89 bits per heavy atom. The highest BCUT2D eigenvalue weighted by Gasteiger charge is 2.49. The number of rotatable bonds is 7. The van der Waals surface area contributed by atoms with Crippen LogP contribution in [0.4, 0.5) is 4.79 Å². The number of carbonyl (C=O) groups excluding carboxylic acids is 2. The van der Waals surface area contributed by atoms with Crippen LogP contribution < -0.4 is 14.8 Å². The van der Waals surface area contributed by atoms with Gasteiger partial charge in [-0.1, -0.05) is 37.3 Å². The number of imide groups is 1. The monoisotopic (exact) mass is 381 g/mol. The first-order valence-corrected chi connectivity index (χ1v) is 9.06. The third-order valence-electron chi connectivity index (χ3n) is 4.49. The molecule has 2 aromatic carbocycles. The van der Waals surface area contributed by atoms with Crippen molar-refractivity contribution >= 4 is 18.2 Å². The lowest BCUT2D eigenvalue weighted by Crippen LogP contribution is -2.40. The average Bonchev–Trinajstić information content (AvgIpc) is 2.94. The lowest BCUT2D eigenvalue weighted by atomic mass is 9.92. The Morgan fingerprint density at radius 3 is 2.57 bits per heavy atom. The van der Waals surface area contributed by atoms with E-state index < -0.39 is 17.5 Å². The number of urea groups is 1. The van der Waals surface area contributed by atoms with Gasteiger partial charge in [0.05, 0.1) is 19.9 Å². The summed E-state index contributed by atoms with van der Waals surface area (Å²) < 4.78 is 11.0. The van der Waals surface area contributed by atoms with Gasteiger partial charge >= 0.3 is 6.03 Å². The van der Waals surface area contributed by atoms with Crippen LogP contribution in [0.1, 0.15) is 31.4 Å². The first kappa shape index (κ1) is 19.4. The van der Waals surface area contributed by atoms with Crippen LogP contribution in [0, 0.1) is 0 Å². The summed E-state index contributed by atoms with van der Waals surface area (Å²) in [6.07, 6.45) is 2.31. The zero-order valence-electron chi connectivity index (χ0n) is 16.1. The van der Waals surface area contributed by atoms with Crippen molar-refractivity contribution in [1.29, 1.82) is 0 Å². The smallest absolute Gasteiger partial charge is 0.346 e. The molecule has 3 amide bonds. The SMILES string of the molecule is CCCOc1cc(/C=N\N2C(=O)N[C@](C)(c3ccccc3)C2=O)ccc1OC. The Balaban J connectivity index is 1.82. The number of ether oxygens (including phenoxy) is 2. The van der Waals surface area contributed by atoms with Crippen molar-refractivity contribution in [3.8, 4) is 11.5 Å².